The molecule has 116 valence electrons. The minimum atomic E-state index is 0.811. The van der Waals surface area contributed by atoms with Gasteiger partial charge < -0.3 is 15.0 Å². The monoisotopic (exact) mass is 298 g/mol. The zero-order valence-corrected chi connectivity index (χ0v) is 13.0. The lowest BCUT2D eigenvalue weighted by molar-refractivity contribution is 0.414. The van der Waals surface area contributed by atoms with Crippen molar-refractivity contribution in [1.82, 2.24) is 15.3 Å². The van der Waals surface area contributed by atoms with Gasteiger partial charge in [0.2, 0.25) is 5.95 Å². The lowest BCUT2D eigenvalue weighted by Gasteiger charge is -2.20. The van der Waals surface area contributed by atoms with Crippen molar-refractivity contribution in [3.63, 3.8) is 0 Å². The second-order valence-corrected chi connectivity index (χ2v) is 5.46. The molecule has 22 heavy (non-hydrogen) atoms. The van der Waals surface area contributed by atoms with E-state index in [-0.39, 0.29) is 0 Å². The maximum atomic E-state index is 5.19. The highest BCUT2D eigenvalue weighted by atomic mass is 16.5. The van der Waals surface area contributed by atoms with Gasteiger partial charge in [-0.1, -0.05) is 12.1 Å². The van der Waals surface area contributed by atoms with E-state index in [2.05, 4.69) is 27.3 Å². The van der Waals surface area contributed by atoms with Crippen molar-refractivity contribution in [3.05, 3.63) is 47.8 Å². The molecule has 1 N–H and O–H groups in total. The van der Waals surface area contributed by atoms with Crippen molar-refractivity contribution >= 4 is 5.95 Å². The Labute approximate surface area is 131 Å². The fourth-order valence-corrected chi connectivity index (χ4v) is 2.63. The summed E-state index contributed by atoms with van der Waals surface area (Å²) in [7, 11) is 1.68. The van der Waals surface area contributed by atoms with Gasteiger partial charge in [-0.05, 0) is 36.7 Å². The highest BCUT2D eigenvalue weighted by molar-refractivity contribution is 5.33. The number of hydrogen-bond acceptors (Lipinski definition) is 5. The molecule has 0 amide bonds. The van der Waals surface area contributed by atoms with Crippen molar-refractivity contribution < 1.29 is 4.74 Å². The summed E-state index contributed by atoms with van der Waals surface area (Å²) >= 11 is 0. The molecule has 0 atom stereocenters. The second kappa shape index (κ2) is 7.22. The van der Waals surface area contributed by atoms with Gasteiger partial charge in [-0.3, -0.25) is 0 Å². The fourth-order valence-electron chi connectivity index (χ4n) is 2.63. The van der Waals surface area contributed by atoms with Crippen molar-refractivity contribution in [2.24, 2.45) is 0 Å². The number of rotatable bonds is 4. The van der Waals surface area contributed by atoms with Gasteiger partial charge >= 0.3 is 0 Å². The van der Waals surface area contributed by atoms with Crippen molar-refractivity contribution in [2.75, 3.05) is 38.2 Å². The fraction of sp³-hybridized carbons (Fsp3) is 0.412. The number of nitrogens with zero attached hydrogens (tertiary/aromatic N) is 3. The summed E-state index contributed by atoms with van der Waals surface area (Å²) in [6.45, 7) is 4.04. The normalized spacial score (nSPS) is 15.4. The standard InChI is InChI=1S/C17H22N4O/c1-22-16-5-3-14(4-6-16)13-15-7-9-19-17(20-15)21-11-2-8-18-10-12-21/h3-7,9,18H,2,8,10-13H2,1H3. The molecule has 3 rings (SSSR count). The van der Waals surface area contributed by atoms with Crippen molar-refractivity contribution in [2.45, 2.75) is 12.8 Å². The number of hydrogen-bond donors (Lipinski definition) is 1. The maximum Gasteiger partial charge on any atom is 0.225 e. The van der Waals surface area contributed by atoms with E-state index in [1.807, 2.05) is 24.4 Å². The molecule has 1 aliphatic heterocycles. The molecule has 1 aliphatic rings. The molecule has 0 aliphatic carbocycles. The van der Waals surface area contributed by atoms with Gasteiger partial charge in [-0.15, -0.1) is 0 Å². The van der Waals surface area contributed by atoms with Crippen LogP contribution in [-0.4, -0.2) is 43.3 Å². The third-order valence-electron chi connectivity index (χ3n) is 3.87. The first kappa shape index (κ1) is 14.8. The zero-order chi connectivity index (χ0) is 15.2. The highest BCUT2D eigenvalue weighted by Crippen LogP contribution is 2.15. The van der Waals surface area contributed by atoms with Gasteiger partial charge in [0.1, 0.15) is 5.75 Å². The molecular weight excluding hydrogens is 276 g/mol. The summed E-state index contributed by atoms with van der Waals surface area (Å²) in [5.41, 5.74) is 2.27. The first-order valence-corrected chi connectivity index (χ1v) is 7.76. The van der Waals surface area contributed by atoms with Gasteiger partial charge in [0.05, 0.1) is 12.8 Å². The molecule has 0 spiro atoms. The molecule has 0 bridgehead atoms. The minimum Gasteiger partial charge on any atom is -0.497 e. The molecule has 1 fully saturated rings. The van der Waals surface area contributed by atoms with Crippen LogP contribution in [0.15, 0.2) is 36.5 Å². The van der Waals surface area contributed by atoms with Gasteiger partial charge in [0.25, 0.3) is 0 Å². The van der Waals surface area contributed by atoms with E-state index in [1.165, 1.54) is 5.56 Å². The largest absolute Gasteiger partial charge is 0.497 e. The smallest absolute Gasteiger partial charge is 0.225 e. The molecule has 1 aromatic carbocycles. The molecular formula is C17H22N4O. The van der Waals surface area contributed by atoms with Crippen LogP contribution in [-0.2, 0) is 6.42 Å². The first-order valence-electron chi connectivity index (χ1n) is 7.76. The summed E-state index contributed by atoms with van der Waals surface area (Å²) in [6.07, 6.45) is 3.80. The summed E-state index contributed by atoms with van der Waals surface area (Å²) in [6, 6.07) is 10.1. The second-order valence-electron chi connectivity index (χ2n) is 5.46. The Kier molecular flexibility index (Phi) is 4.85. The van der Waals surface area contributed by atoms with Crippen LogP contribution in [0.5, 0.6) is 5.75 Å². The molecule has 1 saturated heterocycles. The molecule has 0 radical (unpaired) electrons. The van der Waals surface area contributed by atoms with Gasteiger partial charge in [0.15, 0.2) is 0 Å². The molecule has 2 aromatic rings. The van der Waals surface area contributed by atoms with Gasteiger partial charge in [-0.2, -0.15) is 0 Å². The van der Waals surface area contributed by atoms with Gasteiger partial charge in [0, 0.05) is 32.3 Å². The topological polar surface area (TPSA) is 50.3 Å². The number of aromatic nitrogens is 2. The SMILES string of the molecule is COc1ccc(Cc2ccnc(N3CCCNCC3)n2)cc1. The summed E-state index contributed by atoms with van der Waals surface area (Å²) in [4.78, 5) is 11.4. The van der Waals surface area contributed by atoms with Crippen LogP contribution in [0.2, 0.25) is 0 Å². The van der Waals surface area contributed by atoms with E-state index in [0.717, 1.165) is 56.4 Å². The van der Waals surface area contributed by atoms with Crippen LogP contribution in [0.25, 0.3) is 0 Å². The van der Waals surface area contributed by atoms with E-state index in [1.54, 1.807) is 7.11 Å². The summed E-state index contributed by atoms with van der Waals surface area (Å²) in [5, 5.41) is 3.40. The van der Waals surface area contributed by atoms with E-state index in [9.17, 15) is 0 Å². The average Bonchev–Trinajstić information content (AvgIpc) is 2.85. The Balaban J connectivity index is 1.72. The minimum absolute atomic E-state index is 0.811. The number of nitrogens with one attached hydrogen (secondary N) is 1. The Morgan fingerprint density at radius 2 is 2.00 bits per heavy atom. The molecule has 5 nitrogen and oxygen atoms in total. The molecule has 5 heteroatoms. The predicted molar refractivity (Wildman–Crippen MR) is 87.5 cm³/mol. The first-order chi connectivity index (χ1) is 10.8. The Hall–Kier alpha value is -2.14. The molecule has 0 unspecified atom stereocenters. The van der Waals surface area contributed by atoms with Crippen LogP contribution in [0.3, 0.4) is 0 Å². The van der Waals surface area contributed by atoms with Crippen LogP contribution < -0.4 is 15.0 Å². The Morgan fingerprint density at radius 1 is 1.14 bits per heavy atom. The lowest BCUT2D eigenvalue weighted by Crippen LogP contribution is -2.29. The van der Waals surface area contributed by atoms with E-state index in [0.29, 0.717) is 0 Å². The number of anilines is 1. The Morgan fingerprint density at radius 3 is 2.82 bits per heavy atom. The van der Waals surface area contributed by atoms with Crippen LogP contribution in [0, 0.1) is 0 Å². The van der Waals surface area contributed by atoms with Crippen LogP contribution in [0.1, 0.15) is 17.7 Å². The third kappa shape index (κ3) is 3.74. The maximum absolute atomic E-state index is 5.19. The molecule has 2 heterocycles. The zero-order valence-electron chi connectivity index (χ0n) is 13.0. The van der Waals surface area contributed by atoms with Crippen LogP contribution in [0.4, 0.5) is 5.95 Å². The highest BCUT2D eigenvalue weighted by Gasteiger charge is 2.12. The van der Waals surface area contributed by atoms with Gasteiger partial charge in [-0.25, -0.2) is 9.97 Å². The summed E-state index contributed by atoms with van der Waals surface area (Å²) < 4.78 is 5.19. The number of ether oxygens (including phenoxy) is 1. The lowest BCUT2D eigenvalue weighted by atomic mass is 10.1. The Bertz CT molecular complexity index is 592. The van der Waals surface area contributed by atoms with E-state index in [4.69, 9.17) is 9.72 Å². The van der Waals surface area contributed by atoms with Crippen molar-refractivity contribution in [3.8, 4) is 5.75 Å². The van der Waals surface area contributed by atoms with Crippen LogP contribution >= 0.6 is 0 Å². The number of benzene rings is 1. The van der Waals surface area contributed by atoms with E-state index >= 15 is 0 Å². The summed E-state index contributed by atoms with van der Waals surface area (Å²) in [5.74, 6) is 1.72. The third-order valence-corrected chi connectivity index (χ3v) is 3.87. The predicted octanol–water partition coefficient (Wildman–Crippen LogP) is 1.88. The average molecular weight is 298 g/mol. The molecule has 1 aromatic heterocycles. The quantitative estimate of drug-likeness (QED) is 0.934. The number of methoxy groups -OCH3 is 1. The van der Waals surface area contributed by atoms with E-state index < -0.39 is 0 Å². The van der Waals surface area contributed by atoms with Crippen molar-refractivity contribution in [1.29, 1.82) is 0 Å². The molecule has 0 saturated carbocycles.